The van der Waals surface area contributed by atoms with Gasteiger partial charge in [0, 0.05) is 31.0 Å². The zero-order chi connectivity index (χ0) is 26.2. The molecule has 0 amide bonds. The van der Waals surface area contributed by atoms with Crippen molar-refractivity contribution < 1.29 is 26.3 Å². The standard InChI is InChI=1S/C25H22F6N6/c26-24(27,28)17-5-3-16(4-6-17)22-21(20-8-7-18(25(29,30)31)15-37(20)35-22)19-9-10-32-23(34-19)33-11-14-36-12-1-2-13-36/h3-10,15H,1-2,11-14H2,(H,32,33,34). The number of rotatable bonds is 6. The molecule has 0 spiro atoms. The highest BCUT2D eigenvalue weighted by molar-refractivity contribution is 5.91. The SMILES string of the molecule is FC(F)(F)c1ccc(-c2nn3cc(C(F)(F)F)ccc3c2-c2ccnc(NCCN3CCCC3)n2)cc1. The van der Waals surface area contributed by atoms with E-state index in [-0.39, 0.29) is 5.69 Å². The molecule has 1 fully saturated rings. The highest BCUT2D eigenvalue weighted by Gasteiger charge is 2.32. The molecule has 0 saturated carbocycles. The van der Waals surface area contributed by atoms with Crippen LogP contribution in [-0.2, 0) is 12.4 Å². The maximum absolute atomic E-state index is 13.3. The second kappa shape index (κ2) is 9.66. The van der Waals surface area contributed by atoms with Crippen molar-refractivity contribution in [2.75, 3.05) is 31.5 Å². The van der Waals surface area contributed by atoms with Crippen molar-refractivity contribution in [3.8, 4) is 22.5 Å². The second-order valence-corrected chi connectivity index (χ2v) is 8.79. The van der Waals surface area contributed by atoms with Gasteiger partial charge in [0.1, 0.15) is 5.69 Å². The molecule has 0 unspecified atom stereocenters. The van der Waals surface area contributed by atoms with Gasteiger partial charge in [-0.3, -0.25) is 0 Å². The van der Waals surface area contributed by atoms with Crippen LogP contribution in [0.15, 0.2) is 54.9 Å². The van der Waals surface area contributed by atoms with Gasteiger partial charge in [-0.05, 0) is 56.3 Å². The lowest BCUT2D eigenvalue weighted by Crippen LogP contribution is -2.26. The van der Waals surface area contributed by atoms with Gasteiger partial charge in [-0.25, -0.2) is 14.5 Å². The molecule has 1 aliphatic rings. The van der Waals surface area contributed by atoms with E-state index in [2.05, 4.69) is 25.3 Å². The quantitative estimate of drug-likeness (QED) is 0.316. The Balaban J connectivity index is 1.55. The van der Waals surface area contributed by atoms with E-state index in [1.165, 1.54) is 37.2 Å². The van der Waals surface area contributed by atoms with Crippen LogP contribution in [0.5, 0.6) is 0 Å². The summed E-state index contributed by atoms with van der Waals surface area (Å²) in [6.07, 6.45) is -4.40. The van der Waals surface area contributed by atoms with Crippen molar-refractivity contribution in [2.24, 2.45) is 0 Å². The molecule has 1 aromatic carbocycles. The van der Waals surface area contributed by atoms with Crippen molar-refractivity contribution in [1.82, 2.24) is 24.5 Å². The number of halogens is 6. The van der Waals surface area contributed by atoms with E-state index in [1.807, 2.05) is 0 Å². The molecule has 0 aliphatic carbocycles. The second-order valence-electron chi connectivity index (χ2n) is 8.79. The highest BCUT2D eigenvalue weighted by Crippen LogP contribution is 2.38. The lowest BCUT2D eigenvalue weighted by atomic mass is 10.0. The van der Waals surface area contributed by atoms with Gasteiger partial charge in [0.25, 0.3) is 0 Å². The molecule has 0 atom stereocenters. The number of anilines is 1. The minimum Gasteiger partial charge on any atom is -0.353 e. The Kier molecular flexibility index (Phi) is 6.52. The summed E-state index contributed by atoms with van der Waals surface area (Å²) in [6, 6.07) is 8.12. The molecule has 5 rings (SSSR count). The molecular formula is C25H22F6N6. The Morgan fingerprint density at radius 1 is 0.838 bits per heavy atom. The third kappa shape index (κ3) is 5.38. The molecule has 12 heteroatoms. The zero-order valence-corrected chi connectivity index (χ0v) is 19.4. The van der Waals surface area contributed by atoms with E-state index >= 15 is 0 Å². The number of nitrogens with one attached hydrogen (secondary N) is 1. The van der Waals surface area contributed by atoms with Crippen LogP contribution >= 0.6 is 0 Å². The predicted octanol–water partition coefficient (Wildman–Crippen LogP) is 6.00. The fourth-order valence-corrected chi connectivity index (χ4v) is 4.40. The fraction of sp³-hybridized carbons (Fsp3) is 0.320. The van der Waals surface area contributed by atoms with Crippen LogP contribution in [0.1, 0.15) is 24.0 Å². The number of pyridine rings is 1. The molecule has 37 heavy (non-hydrogen) atoms. The van der Waals surface area contributed by atoms with Crippen LogP contribution in [0.4, 0.5) is 32.3 Å². The van der Waals surface area contributed by atoms with E-state index < -0.39 is 23.5 Å². The average molecular weight is 520 g/mol. The Morgan fingerprint density at radius 3 is 2.19 bits per heavy atom. The molecule has 4 aromatic rings. The number of benzene rings is 1. The molecular weight excluding hydrogens is 498 g/mol. The Labute approximate surface area is 208 Å². The van der Waals surface area contributed by atoms with Gasteiger partial charge in [-0.2, -0.15) is 31.4 Å². The van der Waals surface area contributed by atoms with Crippen LogP contribution in [-0.4, -0.2) is 50.7 Å². The van der Waals surface area contributed by atoms with Crippen molar-refractivity contribution in [3.05, 3.63) is 66.0 Å². The summed E-state index contributed by atoms with van der Waals surface area (Å²) in [5, 5.41) is 7.49. The highest BCUT2D eigenvalue weighted by atomic mass is 19.4. The maximum Gasteiger partial charge on any atom is 0.417 e. The first-order valence-electron chi connectivity index (χ1n) is 11.7. The normalized spacial score (nSPS) is 15.0. The van der Waals surface area contributed by atoms with Crippen molar-refractivity contribution in [1.29, 1.82) is 0 Å². The summed E-state index contributed by atoms with van der Waals surface area (Å²) in [4.78, 5) is 11.1. The van der Waals surface area contributed by atoms with Gasteiger partial charge in [-0.15, -0.1) is 0 Å². The molecule has 3 aromatic heterocycles. The first kappa shape index (κ1) is 25.0. The fourth-order valence-electron chi connectivity index (χ4n) is 4.40. The first-order chi connectivity index (χ1) is 17.6. The molecule has 0 radical (unpaired) electrons. The smallest absolute Gasteiger partial charge is 0.353 e. The number of hydrogen-bond donors (Lipinski definition) is 1. The van der Waals surface area contributed by atoms with Crippen molar-refractivity contribution >= 4 is 11.5 Å². The number of nitrogens with zero attached hydrogens (tertiary/aromatic N) is 5. The largest absolute Gasteiger partial charge is 0.417 e. The molecule has 1 aliphatic heterocycles. The number of aromatic nitrogens is 4. The summed E-state index contributed by atoms with van der Waals surface area (Å²) in [6.45, 7) is 3.52. The number of hydrogen-bond acceptors (Lipinski definition) is 5. The monoisotopic (exact) mass is 520 g/mol. The summed E-state index contributed by atoms with van der Waals surface area (Å²) in [5.41, 5.74) is -0.143. The van der Waals surface area contributed by atoms with E-state index in [0.717, 1.165) is 48.5 Å². The summed E-state index contributed by atoms with van der Waals surface area (Å²) < 4.78 is 80.3. The van der Waals surface area contributed by atoms with E-state index in [1.54, 1.807) is 6.07 Å². The Bertz CT molecular complexity index is 1390. The van der Waals surface area contributed by atoms with E-state index in [9.17, 15) is 26.3 Å². The average Bonchev–Trinajstić information content (AvgIpc) is 3.51. The van der Waals surface area contributed by atoms with Gasteiger partial charge in [0.15, 0.2) is 0 Å². The maximum atomic E-state index is 13.3. The number of alkyl halides is 6. The third-order valence-corrected chi connectivity index (χ3v) is 6.26. The van der Waals surface area contributed by atoms with Gasteiger partial charge in [0.2, 0.25) is 5.95 Å². The molecule has 6 nitrogen and oxygen atoms in total. The first-order valence-corrected chi connectivity index (χ1v) is 11.7. The zero-order valence-electron chi connectivity index (χ0n) is 19.4. The summed E-state index contributed by atoms with van der Waals surface area (Å²) in [5.74, 6) is 0.335. The van der Waals surface area contributed by atoms with Crippen LogP contribution in [0.3, 0.4) is 0 Å². The number of likely N-dealkylation sites (tertiary alicyclic amines) is 1. The lowest BCUT2D eigenvalue weighted by Gasteiger charge is -2.14. The Hall–Kier alpha value is -3.67. The third-order valence-electron chi connectivity index (χ3n) is 6.26. The lowest BCUT2D eigenvalue weighted by molar-refractivity contribution is -0.138. The van der Waals surface area contributed by atoms with Gasteiger partial charge in [-0.1, -0.05) is 12.1 Å². The van der Waals surface area contributed by atoms with E-state index in [4.69, 9.17) is 0 Å². The Morgan fingerprint density at radius 2 is 1.51 bits per heavy atom. The topological polar surface area (TPSA) is 58.4 Å². The van der Waals surface area contributed by atoms with Crippen LogP contribution in [0.25, 0.3) is 28.0 Å². The molecule has 194 valence electrons. The van der Waals surface area contributed by atoms with Crippen LogP contribution in [0.2, 0.25) is 0 Å². The minimum atomic E-state index is -4.59. The van der Waals surface area contributed by atoms with Gasteiger partial charge < -0.3 is 10.2 Å². The summed E-state index contributed by atoms with van der Waals surface area (Å²) in [7, 11) is 0. The van der Waals surface area contributed by atoms with E-state index in [0.29, 0.717) is 34.8 Å². The molecule has 4 heterocycles. The number of fused-ring (bicyclic) bond motifs is 1. The van der Waals surface area contributed by atoms with Gasteiger partial charge in [0.05, 0.1) is 27.9 Å². The van der Waals surface area contributed by atoms with Crippen molar-refractivity contribution in [3.63, 3.8) is 0 Å². The molecule has 0 bridgehead atoms. The molecule has 1 saturated heterocycles. The van der Waals surface area contributed by atoms with Crippen LogP contribution < -0.4 is 5.32 Å². The summed E-state index contributed by atoms with van der Waals surface area (Å²) >= 11 is 0. The predicted molar refractivity (Wildman–Crippen MR) is 126 cm³/mol. The minimum absolute atomic E-state index is 0.203. The van der Waals surface area contributed by atoms with Crippen LogP contribution in [0, 0.1) is 0 Å². The molecule has 1 N–H and O–H groups in total. The van der Waals surface area contributed by atoms with Crippen molar-refractivity contribution in [2.45, 2.75) is 25.2 Å². The van der Waals surface area contributed by atoms with Gasteiger partial charge >= 0.3 is 12.4 Å².